The lowest BCUT2D eigenvalue weighted by atomic mass is 10.2. The molecule has 3 aromatic heterocycles. The van der Waals surface area contributed by atoms with Crippen molar-refractivity contribution in [1.29, 1.82) is 0 Å². The maximum Gasteiger partial charge on any atom is 0.273 e. The number of hydrogen-bond acceptors (Lipinski definition) is 6. The van der Waals surface area contributed by atoms with Gasteiger partial charge < -0.3 is 4.90 Å². The number of amides is 1. The van der Waals surface area contributed by atoms with Crippen LogP contribution >= 0.6 is 34.0 Å². The van der Waals surface area contributed by atoms with E-state index in [1.165, 1.54) is 11.3 Å². The van der Waals surface area contributed by atoms with Crippen molar-refractivity contribution in [2.45, 2.75) is 13.0 Å². The smallest absolute Gasteiger partial charge is 0.273 e. The minimum atomic E-state index is -0.0602. The fraction of sp³-hybridized carbons (Fsp3) is 0.214. The molecule has 7 heteroatoms. The maximum absolute atomic E-state index is 12.5. The van der Waals surface area contributed by atoms with Gasteiger partial charge in [-0.05, 0) is 18.4 Å². The van der Waals surface area contributed by atoms with Gasteiger partial charge in [-0.2, -0.15) is 0 Å². The van der Waals surface area contributed by atoms with Crippen LogP contribution in [0.1, 0.15) is 28.3 Å². The number of carbonyl (C=O) groups is 1. The SMILES string of the molecule is C[C@H](c1cncs1)N(C)C(=O)c1csc(-c2cccs2)n1. The van der Waals surface area contributed by atoms with Gasteiger partial charge in [-0.1, -0.05) is 6.07 Å². The molecule has 1 amide bonds. The Morgan fingerprint density at radius 3 is 2.86 bits per heavy atom. The minimum absolute atomic E-state index is 0.00288. The summed E-state index contributed by atoms with van der Waals surface area (Å²) in [6.45, 7) is 2.00. The van der Waals surface area contributed by atoms with Gasteiger partial charge in [0.1, 0.15) is 10.7 Å². The highest BCUT2D eigenvalue weighted by Crippen LogP contribution is 2.29. The Bertz CT molecular complexity index is 719. The van der Waals surface area contributed by atoms with Crippen LogP contribution in [-0.4, -0.2) is 27.8 Å². The Labute approximate surface area is 134 Å². The van der Waals surface area contributed by atoms with Crippen LogP contribution in [0.4, 0.5) is 0 Å². The first-order valence-electron chi connectivity index (χ1n) is 6.31. The molecule has 3 heterocycles. The van der Waals surface area contributed by atoms with Crippen LogP contribution in [-0.2, 0) is 0 Å². The van der Waals surface area contributed by atoms with Gasteiger partial charge in [-0.3, -0.25) is 9.78 Å². The summed E-state index contributed by atoms with van der Waals surface area (Å²) in [4.78, 5) is 24.9. The molecule has 0 aliphatic rings. The average molecular weight is 335 g/mol. The first kappa shape index (κ1) is 14.4. The van der Waals surface area contributed by atoms with E-state index in [1.54, 1.807) is 46.3 Å². The highest BCUT2D eigenvalue weighted by Gasteiger charge is 2.22. The van der Waals surface area contributed by atoms with Crippen molar-refractivity contribution in [3.8, 4) is 9.88 Å². The Morgan fingerprint density at radius 2 is 2.19 bits per heavy atom. The van der Waals surface area contributed by atoms with E-state index in [0.717, 1.165) is 14.8 Å². The van der Waals surface area contributed by atoms with E-state index >= 15 is 0 Å². The van der Waals surface area contributed by atoms with Crippen LogP contribution in [0, 0.1) is 0 Å². The summed E-state index contributed by atoms with van der Waals surface area (Å²) in [5.41, 5.74) is 2.28. The zero-order valence-corrected chi connectivity index (χ0v) is 14.0. The van der Waals surface area contributed by atoms with Gasteiger partial charge in [0.15, 0.2) is 0 Å². The molecule has 1 atom stereocenters. The van der Waals surface area contributed by atoms with Crippen molar-refractivity contribution < 1.29 is 4.79 Å². The summed E-state index contributed by atoms with van der Waals surface area (Å²) in [7, 11) is 1.80. The van der Waals surface area contributed by atoms with Gasteiger partial charge in [0, 0.05) is 23.5 Å². The Kier molecular flexibility index (Phi) is 4.14. The number of aromatic nitrogens is 2. The zero-order valence-electron chi connectivity index (χ0n) is 11.5. The van der Waals surface area contributed by atoms with E-state index < -0.39 is 0 Å². The fourth-order valence-electron chi connectivity index (χ4n) is 1.86. The molecule has 0 fully saturated rings. The largest absolute Gasteiger partial charge is 0.333 e. The molecule has 0 spiro atoms. The molecule has 0 aromatic carbocycles. The fourth-order valence-corrected chi connectivity index (χ4v) is 4.19. The highest BCUT2D eigenvalue weighted by molar-refractivity contribution is 7.20. The molecular weight excluding hydrogens is 322 g/mol. The first-order valence-corrected chi connectivity index (χ1v) is 8.95. The van der Waals surface area contributed by atoms with Crippen molar-refractivity contribution >= 4 is 39.9 Å². The van der Waals surface area contributed by atoms with Gasteiger partial charge in [0.2, 0.25) is 0 Å². The summed E-state index contributed by atoms with van der Waals surface area (Å²) in [5.74, 6) is -0.0602. The molecule has 0 saturated heterocycles. The third kappa shape index (κ3) is 2.90. The molecule has 0 radical (unpaired) electrons. The minimum Gasteiger partial charge on any atom is -0.333 e. The van der Waals surface area contributed by atoms with E-state index in [9.17, 15) is 4.79 Å². The average Bonchev–Trinajstić information content (AvgIpc) is 3.26. The standard InChI is InChI=1S/C14H13N3OS3/c1-9(12-6-15-8-21-12)17(2)14(18)10-7-20-13(16-10)11-4-3-5-19-11/h3-9H,1-2H3/t9-/m1/s1. The lowest BCUT2D eigenvalue weighted by Gasteiger charge is -2.22. The van der Waals surface area contributed by atoms with Crippen LogP contribution < -0.4 is 0 Å². The summed E-state index contributed by atoms with van der Waals surface area (Å²) >= 11 is 4.69. The molecule has 21 heavy (non-hydrogen) atoms. The molecule has 108 valence electrons. The molecule has 0 N–H and O–H groups in total. The van der Waals surface area contributed by atoms with Crippen LogP contribution in [0.25, 0.3) is 9.88 Å². The summed E-state index contributed by atoms with van der Waals surface area (Å²) in [6, 6.07) is 4.00. The number of carbonyl (C=O) groups excluding carboxylic acids is 1. The number of rotatable bonds is 4. The quantitative estimate of drug-likeness (QED) is 0.719. The maximum atomic E-state index is 12.5. The molecule has 3 aromatic rings. The lowest BCUT2D eigenvalue weighted by Crippen LogP contribution is -2.29. The van der Waals surface area contributed by atoms with Crippen LogP contribution in [0.3, 0.4) is 0 Å². The topological polar surface area (TPSA) is 46.1 Å². The Morgan fingerprint density at radius 1 is 1.33 bits per heavy atom. The van der Waals surface area contributed by atoms with E-state index in [2.05, 4.69) is 9.97 Å². The van der Waals surface area contributed by atoms with Crippen molar-refractivity contribution in [2.24, 2.45) is 0 Å². The van der Waals surface area contributed by atoms with Crippen molar-refractivity contribution in [2.75, 3.05) is 7.05 Å². The molecule has 0 saturated carbocycles. The summed E-state index contributed by atoms with van der Waals surface area (Å²) in [6.07, 6.45) is 1.80. The molecule has 0 bridgehead atoms. The van der Waals surface area contributed by atoms with Crippen molar-refractivity contribution in [1.82, 2.24) is 14.9 Å². The van der Waals surface area contributed by atoms with E-state index in [4.69, 9.17) is 0 Å². The van der Waals surface area contributed by atoms with E-state index in [-0.39, 0.29) is 11.9 Å². The Hall–Kier alpha value is -1.57. The molecule has 4 nitrogen and oxygen atoms in total. The second-order valence-corrected chi connectivity index (χ2v) is 7.23. The van der Waals surface area contributed by atoms with E-state index in [1.807, 2.05) is 29.8 Å². The van der Waals surface area contributed by atoms with Crippen molar-refractivity contribution in [3.63, 3.8) is 0 Å². The van der Waals surface area contributed by atoms with Crippen LogP contribution in [0.5, 0.6) is 0 Å². The van der Waals surface area contributed by atoms with Crippen LogP contribution in [0.2, 0.25) is 0 Å². The van der Waals surface area contributed by atoms with E-state index in [0.29, 0.717) is 5.69 Å². The molecular formula is C14H13N3OS3. The lowest BCUT2D eigenvalue weighted by molar-refractivity contribution is 0.0740. The summed E-state index contributed by atoms with van der Waals surface area (Å²) < 4.78 is 0. The normalized spacial score (nSPS) is 12.3. The Balaban J connectivity index is 1.79. The first-order chi connectivity index (χ1) is 10.2. The predicted octanol–water partition coefficient (Wildman–Crippen LogP) is 4.16. The number of hydrogen-bond donors (Lipinski definition) is 0. The second-order valence-electron chi connectivity index (χ2n) is 4.51. The molecule has 0 unspecified atom stereocenters. The predicted molar refractivity (Wildman–Crippen MR) is 88.0 cm³/mol. The molecule has 0 aliphatic carbocycles. The zero-order chi connectivity index (χ0) is 14.8. The van der Waals surface area contributed by atoms with Gasteiger partial charge in [-0.15, -0.1) is 34.0 Å². The van der Waals surface area contributed by atoms with Gasteiger partial charge >= 0.3 is 0 Å². The van der Waals surface area contributed by atoms with Crippen LogP contribution in [0.15, 0.2) is 34.6 Å². The summed E-state index contributed by atoms with van der Waals surface area (Å²) in [5, 5.41) is 4.73. The third-order valence-corrected chi connectivity index (χ3v) is 6.05. The molecule has 0 aliphatic heterocycles. The third-order valence-electron chi connectivity index (χ3n) is 3.22. The number of nitrogens with zero attached hydrogens (tertiary/aromatic N) is 3. The van der Waals surface area contributed by atoms with Gasteiger partial charge in [0.25, 0.3) is 5.91 Å². The monoisotopic (exact) mass is 335 g/mol. The van der Waals surface area contributed by atoms with Gasteiger partial charge in [0.05, 0.1) is 16.4 Å². The number of thiazole rings is 2. The van der Waals surface area contributed by atoms with Crippen molar-refractivity contribution in [3.05, 3.63) is 45.2 Å². The number of thiophene rings is 1. The highest BCUT2D eigenvalue weighted by atomic mass is 32.1. The molecule has 3 rings (SSSR count). The second kappa shape index (κ2) is 6.05. The van der Waals surface area contributed by atoms with Gasteiger partial charge in [-0.25, -0.2) is 4.98 Å².